The minimum Gasteiger partial charge on any atom is -0.480 e. The first-order valence-corrected chi connectivity index (χ1v) is 5.54. The van der Waals surface area contributed by atoms with Crippen LogP contribution in [-0.2, 0) is 9.53 Å². The molecule has 2 aliphatic rings. The third-order valence-corrected chi connectivity index (χ3v) is 2.99. The van der Waals surface area contributed by atoms with E-state index in [-0.39, 0.29) is 6.04 Å². The maximum absolute atomic E-state index is 11.9. The molecule has 0 spiro atoms. The SMILES string of the molecule is CC(C)(C)OC(=O)N1C2C[C@H]2C[C@H]1C(=O)O. The Labute approximate surface area is 94.4 Å². The van der Waals surface area contributed by atoms with E-state index in [2.05, 4.69) is 0 Å². The van der Waals surface area contributed by atoms with Crippen LogP contribution >= 0.6 is 0 Å². The third kappa shape index (κ3) is 1.99. The van der Waals surface area contributed by atoms with Gasteiger partial charge in [0.2, 0.25) is 0 Å². The smallest absolute Gasteiger partial charge is 0.411 e. The molecule has 0 aromatic heterocycles. The van der Waals surface area contributed by atoms with Crippen LogP contribution in [0, 0.1) is 5.92 Å². The Hall–Kier alpha value is -1.26. The number of likely N-dealkylation sites (tertiary alicyclic amines) is 1. The van der Waals surface area contributed by atoms with E-state index in [9.17, 15) is 9.59 Å². The van der Waals surface area contributed by atoms with Crippen molar-refractivity contribution in [1.82, 2.24) is 4.90 Å². The summed E-state index contributed by atoms with van der Waals surface area (Å²) in [5, 5.41) is 9.02. The second-order valence-electron chi connectivity index (χ2n) is 5.54. The van der Waals surface area contributed by atoms with Crippen molar-refractivity contribution in [3.05, 3.63) is 0 Å². The number of amides is 1. The van der Waals surface area contributed by atoms with Gasteiger partial charge < -0.3 is 9.84 Å². The number of hydrogen-bond acceptors (Lipinski definition) is 3. The van der Waals surface area contributed by atoms with Crippen LogP contribution in [0.25, 0.3) is 0 Å². The van der Waals surface area contributed by atoms with Crippen molar-refractivity contribution in [1.29, 1.82) is 0 Å². The molecule has 2 rings (SSSR count). The summed E-state index contributed by atoms with van der Waals surface area (Å²) in [4.78, 5) is 24.3. The first-order chi connectivity index (χ1) is 7.29. The highest BCUT2D eigenvalue weighted by Gasteiger charge is 2.57. The standard InChI is InChI=1S/C11H17NO4/c1-11(2,3)16-10(15)12-7-4-6(7)5-8(12)9(13)14/h6-8H,4-5H2,1-3H3,(H,13,14)/t6-,7?,8-/m0/s1. The number of carbonyl (C=O) groups is 2. The number of piperidine rings is 1. The molecule has 0 radical (unpaired) electrons. The van der Waals surface area contributed by atoms with E-state index in [1.54, 1.807) is 20.8 Å². The summed E-state index contributed by atoms with van der Waals surface area (Å²) in [5.74, 6) is -0.563. The van der Waals surface area contributed by atoms with Crippen molar-refractivity contribution in [2.75, 3.05) is 0 Å². The van der Waals surface area contributed by atoms with E-state index >= 15 is 0 Å². The van der Waals surface area contributed by atoms with Crippen molar-refractivity contribution >= 4 is 12.1 Å². The average Bonchev–Trinajstić information content (AvgIpc) is 2.73. The number of ether oxygens (including phenoxy) is 1. The van der Waals surface area contributed by atoms with Crippen molar-refractivity contribution in [2.24, 2.45) is 5.92 Å². The Morgan fingerprint density at radius 2 is 1.94 bits per heavy atom. The third-order valence-electron chi connectivity index (χ3n) is 2.99. The Morgan fingerprint density at radius 1 is 1.31 bits per heavy atom. The van der Waals surface area contributed by atoms with Gasteiger partial charge in [-0.05, 0) is 39.5 Å². The van der Waals surface area contributed by atoms with Crippen molar-refractivity contribution in [2.45, 2.75) is 51.3 Å². The molecule has 3 atom stereocenters. The number of carboxylic acids is 1. The zero-order valence-electron chi connectivity index (χ0n) is 9.77. The predicted molar refractivity (Wildman–Crippen MR) is 56.0 cm³/mol. The summed E-state index contributed by atoms with van der Waals surface area (Å²) < 4.78 is 5.22. The second-order valence-corrected chi connectivity index (χ2v) is 5.54. The zero-order chi connectivity index (χ0) is 12.1. The van der Waals surface area contributed by atoms with Gasteiger partial charge in [0, 0.05) is 6.04 Å². The topological polar surface area (TPSA) is 66.8 Å². The summed E-state index contributed by atoms with van der Waals surface area (Å²) in [6.45, 7) is 5.34. The molecule has 1 aliphatic heterocycles. The molecule has 1 N–H and O–H groups in total. The lowest BCUT2D eigenvalue weighted by atomic mass is 10.2. The Bertz CT molecular complexity index is 333. The quantitative estimate of drug-likeness (QED) is 0.736. The van der Waals surface area contributed by atoms with Gasteiger partial charge in [0.25, 0.3) is 0 Å². The zero-order valence-corrected chi connectivity index (χ0v) is 9.77. The fourth-order valence-corrected chi connectivity index (χ4v) is 2.25. The highest BCUT2D eigenvalue weighted by Crippen LogP contribution is 2.48. The van der Waals surface area contributed by atoms with Gasteiger partial charge in [0.1, 0.15) is 11.6 Å². The summed E-state index contributed by atoms with van der Waals surface area (Å²) in [6, 6.07) is -0.602. The van der Waals surface area contributed by atoms with Gasteiger partial charge >= 0.3 is 12.1 Å². The largest absolute Gasteiger partial charge is 0.480 e. The fraction of sp³-hybridized carbons (Fsp3) is 0.818. The molecule has 1 unspecified atom stereocenters. The minimum atomic E-state index is -0.932. The molecule has 1 heterocycles. The number of carboxylic acid groups (broad SMARTS) is 1. The number of aliphatic carboxylic acids is 1. The Kier molecular flexibility index (Phi) is 2.36. The van der Waals surface area contributed by atoms with Crippen molar-refractivity contribution in [3.8, 4) is 0 Å². The van der Waals surface area contributed by atoms with Gasteiger partial charge in [0.15, 0.2) is 0 Å². The molecule has 1 amide bonds. The summed E-state index contributed by atoms with van der Waals surface area (Å²) >= 11 is 0. The van der Waals surface area contributed by atoms with Gasteiger partial charge in [-0.25, -0.2) is 9.59 Å². The Morgan fingerprint density at radius 3 is 2.44 bits per heavy atom. The van der Waals surface area contributed by atoms with E-state index in [4.69, 9.17) is 9.84 Å². The first kappa shape index (κ1) is 11.2. The maximum Gasteiger partial charge on any atom is 0.411 e. The Balaban J connectivity index is 2.07. The first-order valence-electron chi connectivity index (χ1n) is 5.54. The van der Waals surface area contributed by atoms with Crippen LogP contribution < -0.4 is 0 Å². The van der Waals surface area contributed by atoms with Crippen molar-refractivity contribution < 1.29 is 19.4 Å². The summed E-state index contributed by atoms with van der Waals surface area (Å²) in [6.07, 6.45) is 0.993. The molecule has 0 aromatic carbocycles. The highest BCUT2D eigenvalue weighted by atomic mass is 16.6. The molecule has 1 saturated carbocycles. The molecule has 5 heteroatoms. The monoisotopic (exact) mass is 227 g/mol. The lowest BCUT2D eigenvalue weighted by Gasteiger charge is -2.28. The van der Waals surface area contributed by atoms with Crippen LogP contribution in [0.5, 0.6) is 0 Å². The van der Waals surface area contributed by atoms with E-state index in [1.165, 1.54) is 4.90 Å². The number of hydrogen-bond donors (Lipinski definition) is 1. The van der Waals surface area contributed by atoms with Gasteiger partial charge in [-0.2, -0.15) is 0 Å². The van der Waals surface area contributed by atoms with E-state index in [0.29, 0.717) is 12.3 Å². The lowest BCUT2D eigenvalue weighted by molar-refractivity contribution is -0.142. The number of rotatable bonds is 1. The van der Waals surface area contributed by atoms with Crippen LogP contribution in [0.1, 0.15) is 33.6 Å². The van der Waals surface area contributed by atoms with Crippen molar-refractivity contribution in [3.63, 3.8) is 0 Å². The molecule has 1 aliphatic carbocycles. The van der Waals surface area contributed by atoms with Gasteiger partial charge in [-0.15, -0.1) is 0 Å². The van der Waals surface area contributed by atoms with Crippen LogP contribution in [0.3, 0.4) is 0 Å². The number of carbonyl (C=O) groups excluding carboxylic acids is 1. The molecular weight excluding hydrogens is 210 g/mol. The maximum atomic E-state index is 11.9. The summed E-state index contributed by atoms with van der Waals surface area (Å²) in [7, 11) is 0. The van der Waals surface area contributed by atoms with Gasteiger partial charge in [0.05, 0.1) is 0 Å². The fourth-order valence-electron chi connectivity index (χ4n) is 2.25. The van der Waals surface area contributed by atoms with E-state index < -0.39 is 23.7 Å². The van der Waals surface area contributed by atoms with Crippen LogP contribution in [0.4, 0.5) is 4.79 Å². The molecule has 90 valence electrons. The molecular formula is C11H17NO4. The number of nitrogens with zero attached hydrogens (tertiary/aromatic N) is 1. The minimum absolute atomic E-state index is 0.0935. The van der Waals surface area contributed by atoms with Crippen LogP contribution in [-0.4, -0.2) is 39.8 Å². The molecule has 1 saturated heterocycles. The second kappa shape index (κ2) is 3.37. The van der Waals surface area contributed by atoms with E-state index in [0.717, 1.165) is 6.42 Å². The molecule has 0 aromatic rings. The predicted octanol–water partition coefficient (Wildman–Crippen LogP) is 1.47. The molecule has 0 bridgehead atoms. The summed E-state index contributed by atoms with van der Waals surface area (Å²) in [5.41, 5.74) is -0.576. The van der Waals surface area contributed by atoms with Gasteiger partial charge in [-0.3, -0.25) is 4.90 Å². The van der Waals surface area contributed by atoms with Crippen LogP contribution in [0.15, 0.2) is 0 Å². The highest BCUT2D eigenvalue weighted by molar-refractivity contribution is 5.82. The lowest BCUT2D eigenvalue weighted by Crippen LogP contribution is -2.45. The normalized spacial score (nSPS) is 32.2. The van der Waals surface area contributed by atoms with Gasteiger partial charge in [-0.1, -0.05) is 0 Å². The number of fused-ring (bicyclic) bond motifs is 1. The van der Waals surface area contributed by atoms with Crippen LogP contribution in [0.2, 0.25) is 0 Å². The molecule has 5 nitrogen and oxygen atoms in total. The molecule has 2 fully saturated rings. The average molecular weight is 227 g/mol. The molecule has 16 heavy (non-hydrogen) atoms. The van der Waals surface area contributed by atoms with E-state index in [1.807, 2.05) is 0 Å².